The quantitative estimate of drug-likeness (QED) is 0.869. The number of ether oxygens (including phenoxy) is 2. The van der Waals surface area contributed by atoms with E-state index in [9.17, 15) is 0 Å². The highest BCUT2D eigenvalue weighted by Gasteiger charge is 2.22. The molecule has 2 atom stereocenters. The van der Waals surface area contributed by atoms with Gasteiger partial charge in [0, 0.05) is 20.1 Å². The van der Waals surface area contributed by atoms with Crippen LogP contribution in [0.1, 0.15) is 31.4 Å². The molecule has 4 nitrogen and oxygen atoms in total. The molecule has 1 fully saturated rings. The van der Waals surface area contributed by atoms with E-state index < -0.39 is 0 Å². The third-order valence-corrected chi connectivity index (χ3v) is 3.37. The maximum Gasteiger partial charge on any atom is 0.138 e. The molecule has 0 radical (unpaired) electrons. The van der Waals surface area contributed by atoms with E-state index in [1.807, 2.05) is 25.4 Å². The first-order valence-corrected chi connectivity index (χ1v) is 6.61. The van der Waals surface area contributed by atoms with E-state index in [0.717, 1.165) is 37.3 Å². The summed E-state index contributed by atoms with van der Waals surface area (Å²) in [6.45, 7) is 0.787. The molecule has 0 aliphatic heterocycles. The van der Waals surface area contributed by atoms with Crippen molar-refractivity contribution in [2.24, 2.45) is 0 Å². The Bertz CT molecular complexity index is 353. The molecular formula is C14H22N2O2. The zero-order valence-electron chi connectivity index (χ0n) is 11.2. The lowest BCUT2D eigenvalue weighted by Crippen LogP contribution is -2.29. The van der Waals surface area contributed by atoms with Gasteiger partial charge in [-0.25, -0.2) is 0 Å². The Hall–Kier alpha value is -1.13. The molecule has 2 unspecified atom stereocenters. The maximum absolute atomic E-state index is 5.96. The molecular weight excluding hydrogens is 228 g/mol. The van der Waals surface area contributed by atoms with Crippen LogP contribution in [-0.2, 0) is 11.3 Å². The highest BCUT2D eigenvalue weighted by Crippen LogP contribution is 2.24. The summed E-state index contributed by atoms with van der Waals surface area (Å²) in [6.07, 6.45) is 6.83. The predicted molar refractivity (Wildman–Crippen MR) is 70.7 cm³/mol. The Kier molecular flexibility index (Phi) is 4.96. The van der Waals surface area contributed by atoms with E-state index in [0.29, 0.717) is 6.10 Å². The summed E-state index contributed by atoms with van der Waals surface area (Å²) in [5.41, 5.74) is 1.03. The topological polar surface area (TPSA) is 43.4 Å². The zero-order valence-corrected chi connectivity index (χ0v) is 11.2. The molecule has 0 spiro atoms. The Morgan fingerprint density at radius 1 is 1.33 bits per heavy atom. The van der Waals surface area contributed by atoms with Gasteiger partial charge in [-0.1, -0.05) is 0 Å². The fourth-order valence-electron chi connectivity index (χ4n) is 2.38. The zero-order chi connectivity index (χ0) is 12.8. The first-order chi connectivity index (χ1) is 8.81. The summed E-state index contributed by atoms with van der Waals surface area (Å²) in [4.78, 5) is 4.35. The second-order valence-corrected chi connectivity index (χ2v) is 4.78. The smallest absolute Gasteiger partial charge is 0.138 e. The van der Waals surface area contributed by atoms with Crippen LogP contribution in [0.25, 0.3) is 0 Å². The van der Waals surface area contributed by atoms with E-state index in [-0.39, 0.29) is 6.10 Å². The van der Waals surface area contributed by atoms with Gasteiger partial charge in [-0.2, -0.15) is 0 Å². The molecule has 1 saturated carbocycles. The van der Waals surface area contributed by atoms with Crippen molar-refractivity contribution < 1.29 is 9.47 Å². The molecule has 1 aliphatic carbocycles. The van der Waals surface area contributed by atoms with Crippen LogP contribution < -0.4 is 10.1 Å². The third kappa shape index (κ3) is 3.68. The number of pyridine rings is 1. The van der Waals surface area contributed by atoms with Gasteiger partial charge in [0.05, 0.1) is 18.0 Å². The van der Waals surface area contributed by atoms with E-state index in [1.54, 1.807) is 7.11 Å². The van der Waals surface area contributed by atoms with Crippen LogP contribution in [0.3, 0.4) is 0 Å². The van der Waals surface area contributed by atoms with E-state index in [1.165, 1.54) is 6.42 Å². The van der Waals surface area contributed by atoms with Gasteiger partial charge in [-0.15, -0.1) is 0 Å². The number of nitrogens with zero attached hydrogens (tertiary/aromatic N) is 1. The minimum atomic E-state index is 0.264. The minimum Gasteiger partial charge on any atom is -0.489 e. The van der Waals surface area contributed by atoms with Gasteiger partial charge in [0.15, 0.2) is 0 Å². The Labute approximate surface area is 109 Å². The molecule has 100 valence electrons. The largest absolute Gasteiger partial charge is 0.489 e. The fraction of sp³-hybridized carbons (Fsp3) is 0.643. The molecule has 1 heterocycles. The number of methoxy groups -OCH3 is 1. The fourth-order valence-corrected chi connectivity index (χ4v) is 2.38. The standard InChI is InChI=1S/C14H22N2O2/c1-15-9-11-6-7-14(10-16-11)18-13-5-3-4-12(8-13)17-2/h6-7,10,12-13,15H,3-5,8-9H2,1-2H3. The van der Waals surface area contributed by atoms with E-state index >= 15 is 0 Å². The Morgan fingerprint density at radius 2 is 2.17 bits per heavy atom. The lowest BCUT2D eigenvalue weighted by molar-refractivity contribution is 0.0208. The summed E-state index contributed by atoms with van der Waals surface area (Å²) >= 11 is 0. The number of hydrogen-bond donors (Lipinski definition) is 1. The lowest BCUT2D eigenvalue weighted by atomic mass is 9.95. The lowest BCUT2D eigenvalue weighted by Gasteiger charge is -2.28. The summed E-state index contributed by atoms with van der Waals surface area (Å²) in [7, 11) is 3.69. The van der Waals surface area contributed by atoms with Gasteiger partial charge in [0.1, 0.15) is 11.9 Å². The SMILES string of the molecule is CNCc1ccc(OC2CCCC(OC)C2)cn1. The van der Waals surface area contributed by atoms with Crippen LogP contribution in [0.5, 0.6) is 5.75 Å². The molecule has 0 amide bonds. The van der Waals surface area contributed by atoms with Crippen molar-refractivity contribution in [3.63, 3.8) is 0 Å². The van der Waals surface area contributed by atoms with Gasteiger partial charge in [-0.05, 0) is 38.4 Å². The molecule has 1 aliphatic rings. The normalized spacial score (nSPS) is 23.9. The van der Waals surface area contributed by atoms with Crippen molar-refractivity contribution in [1.29, 1.82) is 0 Å². The molecule has 0 bridgehead atoms. The molecule has 0 saturated heterocycles. The van der Waals surface area contributed by atoms with E-state index in [4.69, 9.17) is 9.47 Å². The van der Waals surface area contributed by atoms with Gasteiger partial charge in [0.2, 0.25) is 0 Å². The van der Waals surface area contributed by atoms with Crippen molar-refractivity contribution in [2.45, 2.75) is 44.4 Å². The monoisotopic (exact) mass is 250 g/mol. The van der Waals surface area contributed by atoms with Gasteiger partial charge >= 0.3 is 0 Å². The Balaban J connectivity index is 1.88. The van der Waals surface area contributed by atoms with Crippen LogP contribution in [-0.4, -0.2) is 31.3 Å². The molecule has 2 rings (SSSR count). The van der Waals surface area contributed by atoms with Crippen LogP contribution in [0.2, 0.25) is 0 Å². The number of rotatable bonds is 5. The molecule has 0 aromatic carbocycles. The second-order valence-electron chi connectivity index (χ2n) is 4.78. The number of aromatic nitrogens is 1. The van der Waals surface area contributed by atoms with Crippen LogP contribution in [0.4, 0.5) is 0 Å². The first kappa shape index (κ1) is 13.3. The van der Waals surface area contributed by atoms with E-state index in [2.05, 4.69) is 10.3 Å². The minimum absolute atomic E-state index is 0.264. The highest BCUT2D eigenvalue weighted by atomic mass is 16.5. The maximum atomic E-state index is 5.96. The molecule has 1 N–H and O–H groups in total. The van der Waals surface area contributed by atoms with Crippen molar-refractivity contribution in [3.05, 3.63) is 24.0 Å². The van der Waals surface area contributed by atoms with Crippen molar-refractivity contribution in [1.82, 2.24) is 10.3 Å². The van der Waals surface area contributed by atoms with Gasteiger partial charge in [-0.3, -0.25) is 4.98 Å². The molecule has 1 aromatic rings. The number of nitrogens with one attached hydrogen (secondary N) is 1. The summed E-state index contributed by atoms with van der Waals surface area (Å²) in [6, 6.07) is 4.00. The average molecular weight is 250 g/mol. The highest BCUT2D eigenvalue weighted by molar-refractivity contribution is 5.20. The van der Waals surface area contributed by atoms with Crippen LogP contribution >= 0.6 is 0 Å². The second kappa shape index (κ2) is 6.71. The molecule has 18 heavy (non-hydrogen) atoms. The predicted octanol–water partition coefficient (Wildman–Crippen LogP) is 2.14. The Morgan fingerprint density at radius 3 is 2.83 bits per heavy atom. The van der Waals surface area contributed by atoms with Crippen molar-refractivity contribution in [2.75, 3.05) is 14.2 Å². The first-order valence-electron chi connectivity index (χ1n) is 6.61. The van der Waals surface area contributed by atoms with Gasteiger partial charge < -0.3 is 14.8 Å². The van der Waals surface area contributed by atoms with Crippen molar-refractivity contribution >= 4 is 0 Å². The molecule has 1 aromatic heterocycles. The summed E-state index contributed by atoms with van der Waals surface area (Å²) in [5, 5.41) is 3.08. The van der Waals surface area contributed by atoms with Crippen LogP contribution in [0.15, 0.2) is 18.3 Å². The van der Waals surface area contributed by atoms with Crippen LogP contribution in [0, 0.1) is 0 Å². The number of hydrogen-bond acceptors (Lipinski definition) is 4. The van der Waals surface area contributed by atoms with Crippen molar-refractivity contribution in [3.8, 4) is 5.75 Å². The van der Waals surface area contributed by atoms with Gasteiger partial charge in [0.25, 0.3) is 0 Å². The average Bonchev–Trinajstić information content (AvgIpc) is 2.42. The molecule has 4 heteroatoms. The summed E-state index contributed by atoms with van der Waals surface area (Å²) in [5.74, 6) is 0.858. The summed E-state index contributed by atoms with van der Waals surface area (Å²) < 4.78 is 11.4. The third-order valence-electron chi connectivity index (χ3n) is 3.37.